The molecule has 1 N–H and O–H groups in total. The number of fused-ring (bicyclic) bond motifs is 1. The van der Waals surface area contributed by atoms with E-state index in [0.717, 1.165) is 4.90 Å². The summed E-state index contributed by atoms with van der Waals surface area (Å²) in [5.41, 5.74) is 0.829. The van der Waals surface area contributed by atoms with Crippen LogP contribution in [-0.2, 0) is 16.0 Å². The van der Waals surface area contributed by atoms with Crippen LogP contribution in [0, 0.1) is 10.1 Å². The van der Waals surface area contributed by atoms with E-state index in [1.54, 1.807) is 0 Å². The minimum atomic E-state index is -1.12. The number of anilines is 1. The second-order valence-corrected chi connectivity index (χ2v) is 4.02. The lowest BCUT2D eigenvalue weighted by molar-refractivity contribution is -0.384. The molecular formula is C11H10N2O5. The van der Waals surface area contributed by atoms with Crippen LogP contribution in [0.4, 0.5) is 11.4 Å². The highest BCUT2D eigenvalue weighted by Gasteiger charge is 2.37. The summed E-state index contributed by atoms with van der Waals surface area (Å²) in [6.07, 6.45) is 0.0892. The third-order valence-corrected chi connectivity index (χ3v) is 2.88. The summed E-state index contributed by atoms with van der Waals surface area (Å²) >= 11 is 0. The van der Waals surface area contributed by atoms with Crippen molar-refractivity contribution >= 4 is 23.3 Å². The van der Waals surface area contributed by atoms with E-state index in [9.17, 15) is 19.7 Å². The first-order chi connectivity index (χ1) is 8.41. The average Bonchev–Trinajstić information content (AvgIpc) is 2.66. The van der Waals surface area contributed by atoms with E-state index in [2.05, 4.69) is 0 Å². The molecule has 1 aliphatic rings. The zero-order chi connectivity index (χ0) is 13.4. The summed E-state index contributed by atoms with van der Waals surface area (Å²) in [4.78, 5) is 33.8. The van der Waals surface area contributed by atoms with Gasteiger partial charge in [-0.05, 0) is 11.6 Å². The zero-order valence-electron chi connectivity index (χ0n) is 9.49. The molecule has 7 nitrogen and oxygen atoms in total. The third-order valence-electron chi connectivity index (χ3n) is 2.88. The molecule has 1 aromatic rings. The second kappa shape index (κ2) is 4.10. The highest BCUT2D eigenvalue weighted by Crippen LogP contribution is 2.34. The molecule has 1 aromatic carbocycles. The maximum absolute atomic E-state index is 11.5. The van der Waals surface area contributed by atoms with Gasteiger partial charge in [-0.1, -0.05) is 0 Å². The van der Waals surface area contributed by atoms with Gasteiger partial charge >= 0.3 is 5.97 Å². The fraction of sp³-hybridized carbons (Fsp3) is 0.273. The van der Waals surface area contributed by atoms with Gasteiger partial charge in [0.05, 0.1) is 4.92 Å². The largest absolute Gasteiger partial charge is 0.480 e. The monoisotopic (exact) mass is 250 g/mol. The van der Waals surface area contributed by atoms with Crippen molar-refractivity contribution in [3.05, 3.63) is 33.9 Å². The number of nitro groups is 1. The molecule has 0 saturated heterocycles. The van der Waals surface area contributed by atoms with Gasteiger partial charge in [0.1, 0.15) is 6.04 Å². The molecule has 0 bridgehead atoms. The molecule has 1 atom stereocenters. The van der Waals surface area contributed by atoms with Gasteiger partial charge in [0.25, 0.3) is 5.69 Å². The number of carbonyl (C=O) groups is 2. The Morgan fingerprint density at radius 2 is 2.17 bits per heavy atom. The predicted octanol–water partition coefficient (Wildman–Crippen LogP) is 0.957. The summed E-state index contributed by atoms with van der Waals surface area (Å²) in [5.74, 6) is -1.51. The van der Waals surface area contributed by atoms with E-state index in [1.165, 1.54) is 25.1 Å². The molecule has 0 spiro atoms. The Balaban J connectivity index is 2.49. The van der Waals surface area contributed by atoms with E-state index in [1.807, 2.05) is 0 Å². The van der Waals surface area contributed by atoms with Crippen molar-refractivity contribution in [2.45, 2.75) is 19.4 Å². The van der Waals surface area contributed by atoms with Gasteiger partial charge in [0.15, 0.2) is 0 Å². The van der Waals surface area contributed by atoms with Crippen LogP contribution in [-0.4, -0.2) is 27.9 Å². The van der Waals surface area contributed by atoms with Gasteiger partial charge < -0.3 is 5.11 Å². The fourth-order valence-electron chi connectivity index (χ4n) is 2.14. The molecule has 1 aliphatic heterocycles. The first-order valence-electron chi connectivity index (χ1n) is 5.21. The second-order valence-electron chi connectivity index (χ2n) is 4.02. The number of carboxylic acids is 1. The molecule has 0 aliphatic carbocycles. The highest BCUT2D eigenvalue weighted by atomic mass is 16.6. The SMILES string of the molecule is CC(=O)N1c2ccc([N+](=O)[O-])cc2C[C@H]1C(=O)O. The number of nitro benzene ring substituents is 1. The van der Waals surface area contributed by atoms with E-state index < -0.39 is 22.8 Å². The summed E-state index contributed by atoms with van der Waals surface area (Å²) in [5, 5.41) is 19.7. The number of nitrogens with zero attached hydrogens (tertiary/aromatic N) is 2. The van der Waals surface area contributed by atoms with Crippen molar-refractivity contribution in [1.82, 2.24) is 0 Å². The number of hydrogen-bond acceptors (Lipinski definition) is 4. The van der Waals surface area contributed by atoms with E-state index in [4.69, 9.17) is 5.11 Å². The minimum absolute atomic E-state index is 0.0892. The van der Waals surface area contributed by atoms with Gasteiger partial charge in [-0.25, -0.2) is 4.79 Å². The zero-order valence-corrected chi connectivity index (χ0v) is 9.49. The van der Waals surface area contributed by atoms with Gasteiger partial charge in [0.2, 0.25) is 5.91 Å². The van der Waals surface area contributed by atoms with E-state index in [0.29, 0.717) is 11.3 Å². The third kappa shape index (κ3) is 1.79. The highest BCUT2D eigenvalue weighted by molar-refractivity contribution is 6.00. The molecule has 0 fully saturated rings. The van der Waals surface area contributed by atoms with Gasteiger partial charge in [-0.3, -0.25) is 19.8 Å². The van der Waals surface area contributed by atoms with Crippen LogP contribution in [0.2, 0.25) is 0 Å². The topological polar surface area (TPSA) is 101 Å². The Kier molecular flexibility index (Phi) is 2.74. The van der Waals surface area contributed by atoms with Crippen molar-refractivity contribution in [2.24, 2.45) is 0 Å². The minimum Gasteiger partial charge on any atom is -0.480 e. The molecule has 0 aromatic heterocycles. The molecule has 1 heterocycles. The lowest BCUT2D eigenvalue weighted by Crippen LogP contribution is -2.41. The smallest absolute Gasteiger partial charge is 0.327 e. The van der Waals surface area contributed by atoms with Crippen molar-refractivity contribution in [2.75, 3.05) is 4.90 Å². The molecule has 7 heteroatoms. The number of amides is 1. The van der Waals surface area contributed by atoms with Crippen LogP contribution in [0.15, 0.2) is 18.2 Å². The molecule has 0 radical (unpaired) electrons. The normalized spacial score (nSPS) is 17.4. The molecule has 0 saturated carbocycles. The summed E-state index contributed by atoms with van der Waals surface area (Å²) in [7, 11) is 0. The van der Waals surface area contributed by atoms with Gasteiger partial charge in [-0.15, -0.1) is 0 Å². The Morgan fingerprint density at radius 1 is 1.50 bits per heavy atom. The number of hydrogen-bond donors (Lipinski definition) is 1. The predicted molar refractivity (Wildman–Crippen MR) is 61.4 cm³/mol. The first-order valence-corrected chi connectivity index (χ1v) is 5.21. The van der Waals surface area contributed by atoms with Crippen molar-refractivity contribution in [3.63, 3.8) is 0 Å². The first kappa shape index (κ1) is 12.0. The Hall–Kier alpha value is -2.44. The van der Waals surface area contributed by atoms with Crippen LogP contribution in [0.1, 0.15) is 12.5 Å². The Labute approximate surface area is 102 Å². The number of non-ortho nitro benzene ring substituents is 1. The van der Waals surface area contributed by atoms with Crippen LogP contribution in [0.25, 0.3) is 0 Å². The maximum Gasteiger partial charge on any atom is 0.327 e. The van der Waals surface area contributed by atoms with Crippen LogP contribution in [0.3, 0.4) is 0 Å². The summed E-state index contributed by atoms with van der Waals surface area (Å²) < 4.78 is 0. The molecule has 1 amide bonds. The standard InChI is InChI=1S/C11H10N2O5/c1-6(14)12-9-3-2-8(13(17)18)4-7(9)5-10(12)11(15)16/h2-4,10H,5H2,1H3,(H,15,16)/t10-/m0/s1. The molecular weight excluding hydrogens is 240 g/mol. The van der Waals surface area contributed by atoms with Crippen LogP contribution in [0.5, 0.6) is 0 Å². The molecule has 2 rings (SSSR count). The van der Waals surface area contributed by atoms with Gasteiger partial charge in [0, 0.05) is 31.2 Å². The number of rotatable bonds is 2. The molecule has 0 unspecified atom stereocenters. The summed E-state index contributed by atoms with van der Waals surface area (Å²) in [6.45, 7) is 1.27. The quantitative estimate of drug-likeness (QED) is 0.622. The van der Waals surface area contributed by atoms with Crippen molar-refractivity contribution < 1.29 is 19.6 Å². The average molecular weight is 250 g/mol. The fourth-order valence-corrected chi connectivity index (χ4v) is 2.14. The van der Waals surface area contributed by atoms with Crippen LogP contribution < -0.4 is 4.90 Å². The lowest BCUT2D eigenvalue weighted by atomic mass is 10.1. The maximum atomic E-state index is 11.5. The van der Waals surface area contributed by atoms with E-state index >= 15 is 0 Å². The molecule has 18 heavy (non-hydrogen) atoms. The Bertz CT molecular complexity index is 554. The van der Waals surface area contributed by atoms with Crippen molar-refractivity contribution in [3.8, 4) is 0 Å². The van der Waals surface area contributed by atoms with Gasteiger partial charge in [-0.2, -0.15) is 0 Å². The number of carbonyl (C=O) groups excluding carboxylic acids is 1. The Morgan fingerprint density at radius 3 is 2.67 bits per heavy atom. The van der Waals surface area contributed by atoms with Crippen LogP contribution >= 0.6 is 0 Å². The van der Waals surface area contributed by atoms with E-state index in [-0.39, 0.29) is 12.1 Å². The molecule has 94 valence electrons. The number of carboxylic acid groups (broad SMARTS) is 1. The number of aliphatic carboxylic acids is 1. The number of benzene rings is 1. The summed E-state index contributed by atoms with van der Waals surface area (Å²) in [6, 6.07) is 3.00. The lowest BCUT2D eigenvalue weighted by Gasteiger charge is -2.20. The van der Waals surface area contributed by atoms with Crippen molar-refractivity contribution in [1.29, 1.82) is 0 Å².